The Kier molecular flexibility index (Phi) is 5.42. The summed E-state index contributed by atoms with van der Waals surface area (Å²) in [5, 5.41) is 9.31. The molecule has 23 heavy (non-hydrogen) atoms. The Labute approximate surface area is 138 Å². The van der Waals surface area contributed by atoms with Crippen LogP contribution in [0.3, 0.4) is 0 Å². The highest BCUT2D eigenvalue weighted by molar-refractivity contribution is 5.37. The molecule has 0 saturated carbocycles. The van der Waals surface area contributed by atoms with Gasteiger partial charge in [0.2, 0.25) is 0 Å². The smallest absolute Gasteiger partial charge is 0.0995 e. The van der Waals surface area contributed by atoms with Crippen LogP contribution in [-0.4, -0.2) is 24.2 Å². The molecule has 1 aliphatic heterocycles. The zero-order chi connectivity index (χ0) is 15.9. The molecule has 1 atom stereocenters. The highest BCUT2D eigenvalue weighted by atomic mass is 16.5. The van der Waals surface area contributed by atoms with Gasteiger partial charge >= 0.3 is 0 Å². The van der Waals surface area contributed by atoms with Crippen LogP contribution in [0.15, 0.2) is 54.6 Å². The van der Waals surface area contributed by atoms with E-state index in [2.05, 4.69) is 35.2 Å². The van der Waals surface area contributed by atoms with E-state index in [0.717, 1.165) is 50.2 Å². The quantitative estimate of drug-likeness (QED) is 0.815. The summed E-state index contributed by atoms with van der Waals surface area (Å²) < 4.78 is 5.81. The van der Waals surface area contributed by atoms with Crippen molar-refractivity contribution in [2.75, 3.05) is 13.2 Å². The third-order valence-electron chi connectivity index (χ3n) is 4.27. The van der Waals surface area contributed by atoms with Crippen molar-refractivity contribution in [1.82, 2.24) is 4.90 Å². The van der Waals surface area contributed by atoms with Gasteiger partial charge in [-0.2, -0.15) is 5.26 Å². The van der Waals surface area contributed by atoms with Gasteiger partial charge in [0.25, 0.3) is 0 Å². The van der Waals surface area contributed by atoms with Crippen LogP contribution in [0.2, 0.25) is 0 Å². The fourth-order valence-corrected chi connectivity index (χ4v) is 3.11. The predicted octanol–water partition coefficient (Wildman–Crippen LogP) is 3.74. The van der Waals surface area contributed by atoms with Crippen molar-refractivity contribution in [1.29, 1.82) is 5.26 Å². The van der Waals surface area contributed by atoms with E-state index in [0.29, 0.717) is 6.10 Å². The van der Waals surface area contributed by atoms with Crippen LogP contribution in [0.4, 0.5) is 0 Å². The standard InChI is InChI=1S/C20H22N2O/c21-13-18-9-4-5-10-19(18)15-22(16-20-11-6-12-23-20)14-17-7-2-1-3-8-17/h1-5,7-10,20H,6,11-12,14-16H2. The van der Waals surface area contributed by atoms with E-state index in [1.54, 1.807) is 0 Å². The van der Waals surface area contributed by atoms with Crippen LogP contribution in [0.1, 0.15) is 29.5 Å². The summed E-state index contributed by atoms with van der Waals surface area (Å²) in [4.78, 5) is 2.39. The van der Waals surface area contributed by atoms with Gasteiger partial charge < -0.3 is 4.74 Å². The van der Waals surface area contributed by atoms with Crippen molar-refractivity contribution in [3.05, 3.63) is 71.3 Å². The van der Waals surface area contributed by atoms with Gasteiger partial charge in [-0.1, -0.05) is 48.5 Å². The van der Waals surface area contributed by atoms with E-state index in [4.69, 9.17) is 4.74 Å². The maximum Gasteiger partial charge on any atom is 0.0995 e. The number of nitrogens with zero attached hydrogens (tertiary/aromatic N) is 2. The summed E-state index contributed by atoms with van der Waals surface area (Å²) >= 11 is 0. The molecule has 0 aromatic heterocycles. The van der Waals surface area contributed by atoms with Crippen LogP contribution in [-0.2, 0) is 17.8 Å². The molecule has 3 nitrogen and oxygen atoms in total. The lowest BCUT2D eigenvalue weighted by Crippen LogP contribution is -2.31. The number of hydrogen-bond acceptors (Lipinski definition) is 3. The van der Waals surface area contributed by atoms with Gasteiger partial charge in [0.05, 0.1) is 17.7 Å². The molecule has 0 N–H and O–H groups in total. The first kappa shape index (κ1) is 15.7. The third kappa shape index (κ3) is 4.41. The normalized spacial score (nSPS) is 17.3. The number of nitriles is 1. The molecule has 0 spiro atoms. The first-order valence-corrected chi connectivity index (χ1v) is 8.21. The van der Waals surface area contributed by atoms with Gasteiger partial charge in [0.15, 0.2) is 0 Å². The Bertz CT molecular complexity index is 657. The van der Waals surface area contributed by atoms with Gasteiger partial charge in [-0.3, -0.25) is 4.90 Å². The molecule has 0 bridgehead atoms. The van der Waals surface area contributed by atoms with Crippen molar-refractivity contribution >= 4 is 0 Å². The van der Waals surface area contributed by atoms with Gasteiger partial charge in [-0.25, -0.2) is 0 Å². The molecule has 3 heteroatoms. The molecule has 3 rings (SSSR count). The zero-order valence-electron chi connectivity index (χ0n) is 13.3. The fourth-order valence-electron chi connectivity index (χ4n) is 3.11. The van der Waals surface area contributed by atoms with Gasteiger partial charge in [0, 0.05) is 26.2 Å². The molecule has 1 heterocycles. The Morgan fingerprint density at radius 3 is 2.57 bits per heavy atom. The van der Waals surface area contributed by atoms with Crippen LogP contribution in [0.25, 0.3) is 0 Å². The topological polar surface area (TPSA) is 36.3 Å². The average Bonchev–Trinajstić information content (AvgIpc) is 3.09. The van der Waals surface area contributed by atoms with Crippen LogP contribution >= 0.6 is 0 Å². The Hall–Kier alpha value is -2.15. The number of hydrogen-bond donors (Lipinski definition) is 0. The molecule has 1 aliphatic rings. The summed E-state index contributed by atoms with van der Waals surface area (Å²) in [7, 11) is 0. The lowest BCUT2D eigenvalue weighted by molar-refractivity contribution is 0.0679. The number of rotatable bonds is 6. The molecule has 118 valence electrons. The summed E-state index contributed by atoms with van der Waals surface area (Å²) in [6.45, 7) is 3.44. The SMILES string of the molecule is N#Cc1ccccc1CN(Cc1ccccc1)CC1CCCO1. The minimum atomic E-state index is 0.313. The van der Waals surface area contributed by atoms with E-state index in [9.17, 15) is 5.26 Å². The maximum atomic E-state index is 9.31. The Morgan fingerprint density at radius 1 is 1.04 bits per heavy atom. The minimum absolute atomic E-state index is 0.313. The second kappa shape index (κ2) is 7.92. The average molecular weight is 306 g/mol. The van der Waals surface area contributed by atoms with Crippen molar-refractivity contribution in [2.45, 2.75) is 32.0 Å². The van der Waals surface area contributed by atoms with E-state index in [1.165, 1.54) is 5.56 Å². The summed E-state index contributed by atoms with van der Waals surface area (Å²) in [5.74, 6) is 0. The molecule has 2 aromatic carbocycles. The Balaban J connectivity index is 1.75. The van der Waals surface area contributed by atoms with Crippen molar-refractivity contribution in [2.24, 2.45) is 0 Å². The molecule has 0 amide bonds. The highest BCUT2D eigenvalue weighted by Gasteiger charge is 2.20. The molecule has 1 fully saturated rings. The monoisotopic (exact) mass is 306 g/mol. The van der Waals surface area contributed by atoms with Gasteiger partial charge in [0.1, 0.15) is 0 Å². The Morgan fingerprint density at radius 2 is 1.83 bits per heavy atom. The zero-order valence-corrected chi connectivity index (χ0v) is 13.3. The molecular weight excluding hydrogens is 284 g/mol. The van der Waals surface area contributed by atoms with E-state index in [1.807, 2.05) is 30.3 Å². The van der Waals surface area contributed by atoms with E-state index >= 15 is 0 Å². The summed E-state index contributed by atoms with van der Waals surface area (Å²) in [5.41, 5.74) is 3.14. The first-order valence-electron chi connectivity index (χ1n) is 8.21. The third-order valence-corrected chi connectivity index (χ3v) is 4.27. The fraction of sp³-hybridized carbons (Fsp3) is 0.350. The van der Waals surface area contributed by atoms with Gasteiger partial charge in [-0.15, -0.1) is 0 Å². The molecule has 2 aromatic rings. The van der Waals surface area contributed by atoms with Crippen LogP contribution in [0, 0.1) is 11.3 Å². The second-order valence-electron chi connectivity index (χ2n) is 6.06. The minimum Gasteiger partial charge on any atom is -0.377 e. The maximum absolute atomic E-state index is 9.31. The molecule has 0 radical (unpaired) electrons. The lowest BCUT2D eigenvalue weighted by Gasteiger charge is -2.25. The summed E-state index contributed by atoms with van der Waals surface area (Å²) in [6.07, 6.45) is 2.59. The van der Waals surface area contributed by atoms with Crippen molar-refractivity contribution < 1.29 is 4.74 Å². The predicted molar refractivity (Wildman–Crippen MR) is 90.7 cm³/mol. The van der Waals surface area contributed by atoms with Crippen molar-refractivity contribution in [3.63, 3.8) is 0 Å². The van der Waals surface area contributed by atoms with Crippen LogP contribution in [0.5, 0.6) is 0 Å². The second-order valence-corrected chi connectivity index (χ2v) is 6.06. The van der Waals surface area contributed by atoms with Crippen molar-refractivity contribution in [3.8, 4) is 6.07 Å². The van der Waals surface area contributed by atoms with E-state index in [-0.39, 0.29) is 0 Å². The lowest BCUT2D eigenvalue weighted by atomic mass is 10.1. The van der Waals surface area contributed by atoms with E-state index < -0.39 is 0 Å². The van der Waals surface area contributed by atoms with Crippen LogP contribution < -0.4 is 0 Å². The molecule has 1 saturated heterocycles. The molecule has 1 unspecified atom stereocenters. The largest absolute Gasteiger partial charge is 0.377 e. The highest BCUT2D eigenvalue weighted by Crippen LogP contribution is 2.18. The van der Waals surface area contributed by atoms with Gasteiger partial charge in [-0.05, 0) is 30.0 Å². The molecule has 0 aliphatic carbocycles. The number of benzene rings is 2. The molecular formula is C20H22N2O. The summed E-state index contributed by atoms with van der Waals surface area (Å²) in [6, 6.07) is 20.7. The first-order chi connectivity index (χ1) is 11.3. The number of ether oxygens (including phenoxy) is 1.